The van der Waals surface area contributed by atoms with E-state index in [1.807, 2.05) is 11.8 Å². The lowest BCUT2D eigenvalue weighted by molar-refractivity contribution is 0.0409. The molecule has 0 amide bonds. The highest BCUT2D eigenvalue weighted by atomic mass is 32.2. The maximum Gasteiger partial charge on any atom is 0.0762 e. The topological polar surface area (TPSA) is 76.8 Å². The maximum atomic E-state index is 9.33. The van der Waals surface area contributed by atoms with E-state index in [4.69, 9.17) is 5.73 Å². The molecule has 2 N–H and O–H groups in total. The highest BCUT2D eigenvalue weighted by molar-refractivity contribution is 8.00. The van der Waals surface area contributed by atoms with Crippen LogP contribution >= 0.6 is 11.8 Å². The van der Waals surface area contributed by atoms with Crippen molar-refractivity contribution in [3.8, 4) is 12.1 Å². The minimum Gasteiger partial charge on any atom is -0.315 e. The van der Waals surface area contributed by atoms with Crippen LogP contribution in [0, 0.1) is 34.5 Å². The van der Waals surface area contributed by atoms with Gasteiger partial charge in [-0.25, -0.2) is 0 Å². The van der Waals surface area contributed by atoms with E-state index >= 15 is 0 Å². The maximum absolute atomic E-state index is 9.33. The first-order valence-corrected chi connectivity index (χ1v) is 7.68. The van der Waals surface area contributed by atoms with Crippen molar-refractivity contribution in [3.05, 3.63) is 0 Å². The van der Waals surface area contributed by atoms with Crippen LogP contribution in [0.3, 0.4) is 0 Å². The Morgan fingerprint density at radius 3 is 2.56 bits per heavy atom. The number of nitriles is 2. The van der Waals surface area contributed by atoms with E-state index in [1.165, 1.54) is 25.7 Å². The van der Waals surface area contributed by atoms with Gasteiger partial charge in [-0.05, 0) is 19.3 Å². The van der Waals surface area contributed by atoms with Crippen LogP contribution in [0.25, 0.3) is 0 Å². The van der Waals surface area contributed by atoms with Gasteiger partial charge in [-0.1, -0.05) is 12.8 Å². The first-order chi connectivity index (χ1) is 8.76. The molecule has 4 nitrogen and oxygen atoms in total. The average Bonchev–Trinajstić information content (AvgIpc) is 2.79. The standard InChI is InChI=1S/C13H18N4S/c14-6-8-5-9(7-15)13-17(12(8)16)10-3-1-2-4-11(10)18-13/h8-13H,1-5,16H2. The molecule has 96 valence electrons. The summed E-state index contributed by atoms with van der Waals surface area (Å²) in [5.74, 6) is -0.225. The van der Waals surface area contributed by atoms with Crippen LogP contribution in [0.15, 0.2) is 0 Å². The van der Waals surface area contributed by atoms with Gasteiger partial charge in [-0.3, -0.25) is 4.90 Å². The van der Waals surface area contributed by atoms with Crippen molar-refractivity contribution in [1.82, 2.24) is 4.90 Å². The minimum atomic E-state index is -0.188. The molecule has 2 saturated heterocycles. The second kappa shape index (κ2) is 4.74. The SMILES string of the molecule is N#CC1CC(C#N)C2SC3CCCCC3N2C1N. The van der Waals surface area contributed by atoms with Gasteiger partial charge in [0, 0.05) is 11.3 Å². The van der Waals surface area contributed by atoms with Gasteiger partial charge < -0.3 is 5.73 Å². The lowest BCUT2D eigenvalue weighted by Crippen LogP contribution is -2.59. The molecular formula is C13H18N4S. The van der Waals surface area contributed by atoms with E-state index in [9.17, 15) is 10.5 Å². The van der Waals surface area contributed by atoms with E-state index in [0.29, 0.717) is 17.7 Å². The van der Waals surface area contributed by atoms with Crippen molar-refractivity contribution in [1.29, 1.82) is 10.5 Å². The Hall–Kier alpha value is -0.750. The summed E-state index contributed by atoms with van der Waals surface area (Å²) in [5.41, 5.74) is 6.28. The Labute approximate surface area is 112 Å². The second-order valence-electron chi connectivity index (χ2n) is 5.56. The molecule has 6 unspecified atom stereocenters. The smallest absolute Gasteiger partial charge is 0.0762 e. The van der Waals surface area contributed by atoms with E-state index in [1.54, 1.807) is 0 Å². The summed E-state index contributed by atoms with van der Waals surface area (Å²) in [4.78, 5) is 2.31. The van der Waals surface area contributed by atoms with Crippen LogP contribution < -0.4 is 5.73 Å². The van der Waals surface area contributed by atoms with Crippen molar-refractivity contribution in [2.24, 2.45) is 17.6 Å². The van der Waals surface area contributed by atoms with E-state index in [-0.39, 0.29) is 23.4 Å². The minimum absolute atomic E-state index is 0.0370. The summed E-state index contributed by atoms with van der Waals surface area (Å²) in [7, 11) is 0. The molecule has 0 radical (unpaired) electrons. The summed E-state index contributed by atoms with van der Waals surface area (Å²) in [6.07, 6.45) is 5.43. The largest absolute Gasteiger partial charge is 0.315 e. The van der Waals surface area contributed by atoms with Crippen LogP contribution in [0.1, 0.15) is 32.1 Å². The van der Waals surface area contributed by atoms with Gasteiger partial charge in [-0.2, -0.15) is 10.5 Å². The van der Waals surface area contributed by atoms with Gasteiger partial charge in [0.1, 0.15) is 0 Å². The van der Waals surface area contributed by atoms with Crippen LogP contribution in [0.2, 0.25) is 0 Å². The van der Waals surface area contributed by atoms with Crippen LogP contribution in [-0.4, -0.2) is 27.7 Å². The van der Waals surface area contributed by atoms with Crippen LogP contribution in [0.4, 0.5) is 0 Å². The summed E-state index contributed by atoms with van der Waals surface area (Å²) in [5, 5.41) is 19.4. The summed E-state index contributed by atoms with van der Waals surface area (Å²) >= 11 is 1.94. The van der Waals surface area contributed by atoms with Crippen molar-refractivity contribution in [2.45, 2.75) is 54.9 Å². The third kappa shape index (κ3) is 1.73. The molecule has 0 aromatic heterocycles. The predicted octanol–water partition coefficient (Wildman–Crippen LogP) is 1.64. The van der Waals surface area contributed by atoms with Gasteiger partial charge in [0.25, 0.3) is 0 Å². The monoisotopic (exact) mass is 262 g/mol. The molecule has 1 aliphatic carbocycles. The Balaban J connectivity index is 1.90. The molecule has 0 bridgehead atoms. The fourth-order valence-electron chi connectivity index (χ4n) is 3.69. The van der Waals surface area contributed by atoms with E-state index in [0.717, 1.165) is 0 Å². The van der Waals surface area contributed by atoms with Gasteiger partial charge >= 0.3 is 0 Å². The van der Waals surface area contributed by atoms with E-state index < -0.39 is 0 Å². The summed E-state index contributed by atoms with van der Waals surface area (Å²) in [6, 6.07) is 5.20. The fraction of sp³-hybridized carbons (Fsp3) is 0.846. The summed E-state index contributed by atoms with van der Waals surface area (Å²) < 4.78 is 0. The number of rotatable bonds is 0. The molecule has 3 rings (SSSR count). The fourth-order valence-corrected chi connectivity index (χ4v) is 5.61. The van der Waals surface area contributed by atoms with Crippen molar-refractivity contribution in [2.75, 3.05) is 0 Å². The zero-order chi connectivity index (χ0) is 12.7. The van der Waals surface area contributed by atoms with E-state index in [2.05, 4.69) is 17.0 Å². The zero-order valence-electron chi connectivity index (χ0n) is 10.3. The average molecular weight is 262 g/mol. The zero-order valence-corrected chi connectivity index (χ0v) is 11.1. The highest BCUT2D eigenvalue weighted by Gasteiger charge is 2.52. The lowest BCUT2D eigenvalue weighted by atomic mass is 9.84. The third-order valence-electron chi connectivity index (χ3n) is 4.60. The molecule has 0 aromatic carbocycles. The molecule has 3 fully saturated rings. The molecule has 3 aliphatic rings. The van der Waals surface area contributed by atoms with Crippen molar-refractivity contribution >= 4 is 11.8 Å². The van der Waals surface area contributed by atoms with Gasteiger partial charge in [0.05, 0.1) is 35.5 Å². The quantitative estimate of drug-likeness (QED) is 0.718. The van der Waals surface area contributed by atoms with Gasteiger partial charge in [-0.15, -0.1) is 11.8 Å². The third-order valence-corrected chi connectivity index (χ3v) is 6.35. The number of hydrogen-bond donors (Lipinski definition) is 1. The second-order valence-corrected chi connectivity index (χ2v) is 6.92. The number of nitrogens with two attached hydrogens (primary N) is 1. The predicted molar refractivity (Wildman–Crippen MR) is 70.1 cm³/mol. The first-order valence-electron chi connectivity index (χ1n) is 6.74. The Bertz CT molecular complexity index is 412. The molecule has 6 atom stereocenters. The van der Waals surface area contributed by atoms with Gasteiger partial charge in [0.15, 0.2) is 0 Å². The number of thioether (sulfide) groups is 1. The molecule has 0 aromatic rings. The van der Waals surface area contributed by atoms with Crippen molar-refractivity contribution < 1.29 is 0 Å². The summed E-state index contributed by atoms with van der Waals surface area (Å²) in [6.45, 7) is 0. The normalized spacial score (nSPS) is 47.7. The van der Waals surface area contributed by atoms with Crippen molar-refractivity contribution in [3.63, 3.8) is 0 Å². The van der Waals surface area contributed by atoms with Crippen LogP contribution in [0.5, 0.6) is 0 Å². The Kier molecular flexibility index (Phi) is 3.23. The Morgan fingerprint density at radius 1 is 1.11 bits per heavy atom. The molecular weight excluding hydrogens is 244 g/mol. The molecule has 1 saturated carbocycles. The molecule has 18 heavy (non-hydrogen) atoms. The molecule has 2 aliphatic heterocycles. The molecule has 2 heterocycles. The first kappa shape index (κ1) is 12.3. The number of hydrogen-bond acceptors (Lipinski definition) is 5. The van der Waals surface area contributed by atoms with Gasteiger partial charge in [0.2, 0.25) is 0 Å². The Morgan fingerprint density at radius 2 is 1.83 bits per heavy atom. The van der Waals surface area contributed by atoms with Crippen LogP contribution in [-0.2, 0) is 0 Å². The highest BCUT2D eigenvalue weighted by Crippen LogP contribution is 2.50. The number of fused-ring (bicyclic) bond motifs is 3. The molecule has 5 heteroatoms. The number of nitrogens with zero attached hydrogens (tertiary/aromatic N) is 3. The molecule has 0 spiro atoms. The lowest BCUT2D eigenvalue weighted by Gasteiger charge is -2.43. The number of piperidine rings is 1.